The van der Waals surface area contributed by atoms with Crippen molar-refractivity contribution >= 4 is 17.7 Å². The Kier molecular flexibility index (Phi) is 1.04. The monoisotopic (exact) mass is 152 g/mol. The summed E-state index contributed by atoms with van der Waals surface area (Å²) in [6.07, 6.45) is 3.35. The van der Waals surface area contributed by atoms with E-state index in [1.807, 2.05) is 6.07 Å². The minimum Gasteiger partial charge on any atom is -0.227 e. The van der Waals surface area contributed by atoms with Crippen molar-refractivity contribution in [2.75, 3.05) is 0 Å². The van der Waals surface area contributed by atoms with Crippen molar-refractivity contribution in [3.05, 3.63) is 23.2 Å². The van der Waals surface area contributed by atoms with Gasteiger partial charge in [0.15, 0.2) is 0 Å². The molecule has 0 radical (unpaired) electrons. The molecule has 0 aliphatic carbocycles. The molecule has 0 saturated carbocycles. The lowest BCUT2D eigenvalue weighted by molar-refractivity contribution is 0.821. The molecular weight excluding hydrogens is 148 g/mol. The standard InChI is InChI=1S/C5H4N4S/c10-5-6-2-1-4-3-7-8-9(4)5/h1-3,8H. The molecule has 0 unspecified atom stereocenters. The van der Waals surface area contributed by atoms with Gasteiger partial charge < -0.3 is 0 Å². The zero-order chi connectivity index (χ0) is 6.97. The van der Waals surface area contributed by atoms with Crippen LogP contribution in [0.4, 0.5) is 0 Å². The summed E-state index contributed by atoms with van der Waals surface area (Å²) in [5.41, 5.74) is 0.931. The highest BCUT2D eigenvalue weighted by molar-refractivity contribution is 7.71. The summed E-state index contributed by atoms with van der Waals surface area (Å²) < 4.78 is 2.13. The zero-order valence-electron chi connectivity index (χ0n) is 4.98. The van der Waals surface area contributed by atoms with Gasteiger partial charge in [0.1, 0.15) is 0 Å². The maximum absolute atomic E-state index is 4.89. The van der Waals surface area contributed by atoms with Crippen molar-refractivity contribution < 1.29 is 0 Å². The molecule has 5 heteroatoms. The van der Waals surface area contributed by atoms with Gasteiger partial charge in [-0.1, -0.05) is 0 Å². The molecule has 0 atom stereocenters. The predicted molar refractivity (Wildman–Crippen MR) is 38.2 cm³/mol. The fourth-order valence-electron chi connectivity index (χ4n) is 0.774. The minimum absolute atomic E-state index is 0.495. The second-order valence-corrected chi connectivity index (χ2v) is 2.21. The Morgan fingerprint density at radius 1 is 1.60 bits per heavy atom. The number of nitrogens with one attached hydrogen (secondary N) is 1. The average molecular weight is 152 g/mol. The number of H-pyrrole nitrogens is 1. The lowest BCUT2D eigenvalue weighted by atomic mass is 10.5. The second-order valence-electron chi connectivity index (χ2n) is 1.85. The first kappa shape index (κ1) is 5.55. The first-order valence-corrected chi connectivity index (χ1v) is 3.16. The van der Waals surface area contributed by atoms with E-state index in [0.717, 1.165) is 5.52 Å². The summed E-state index contributed by atoms with van der Waals surface area (Å²) in [7, 11) is 0. The van der Waals surface area contributed by atoms with Crippen molar-refractivity contribution in [3.63, 3.8) is 0 Å². The molecule has 1 N–H and O–H groups in total. The number of aromatic nitrogens is 4. The van der Waals surface area contributed by atoms with Crippen LogP contribution < -0.4 is 0 Å². The van der Waals surface area contributed by atoms with E-state index < -0.39 is 0 Å². The number of hydrogen-bond acceptors (Lipinski definition) is 3. The molecule has 2 heterocycles. The second kappa shape index (κ2) is 1.88. The molecule has 50 valence electrons. The molecule has 0 aliphatic rings. The van der Waals surface area contributed by atoms with Gasteiger partial charge in [0, 0.05) is 6.20 Å². The van der Waals surface area contributed by atoms with Crippen LogP contribution >= 0.6 is 12.2 Å². The minimum atomic E-state index is 0.495. The maximum Gasteiger partial charge on any atom is 0.220 e. The predicted octanol–water partition coefficient (Wildman–Crippen LogP) is 0.787. The summed E-state index contributed by atoms with van der Waals surface area (Å²) in [5.74, 6) is 0. The average Bonchev–Trinajstić information content (AvgIpc) is 2.36. The van der Waals surface area contributed by atoms with Crippen molar-refractivity contribution in [2.24, 2.45) is 0 Å². The molecule has 0 spiro atoms. The molecule has 0 aliphatic heterocycles. The Hall–Kier alpha value is -1.23. The SMILES string of the molecule is S=c1nccc2cn[nH]n12. The molecular formula is C5H4N4S. The maximum atomic E-state index is 4.89. The van der Waals surface area contributed by atoms with E-state index in [0.29, 0.717) is 4.77 Å². The third kappa shape index (κ3) is 0.640. The van der Waals surface area contributed by atoms with Crippen LogP contribution in [0, 0.1) is 4.77 Å². The lowest BCUT2D eigenvalue weighted by Gasteiger charge is -1.87. The Morgan fingerprint density at radius 2 is 2.50 bits per heavy atom. The van der Waals surface area contributed by atoms with Crippen LogP contribution in [-0.2, 0) is 0 Å². The van der Waals surface area contributed by atoms with Crippen LogP contribution in [0.2, 0.25) is 0 Å². The van der Waals surface area contributed by atoms with Gasteiger partial charge in [0.25, 0.3) is 0 Å². The number of hydrogen-bond donors (Lipinski definition) is 1. The number of nitrogens with zero attached hydrogens (tertiary/aromatic N) is 3. The van der Waals surface area contributed by atoms with Crippen molar-refractivity contribution in [2.45, 2.75) is 0 Å². The Morgan fingerprint density at radius 3 is 3.30 bits per heavy atom. The molecule has 0 amide bonds. The van der Waals surface area contributed by atoms with Crippen molar-refractivity contribution in [1.82, 2.24) is 19.8 Å². The molecule has 4 nitrogen and oxygen atoms in total. The summed E-state index contributed by atoms with van der Waals surface area (Å²) in [5, 5.41) is 6.48. The quantitative estimate of drug-likeness (QED) is 0.567. The van der Waals surface area contributed by atoms with Gasteiger partial charge in [0.2, 0.25) is 4.77 Å². The molecule has 2 aromatic rings. The lowest BCUT2D eigenvalue weighted by Crippen LogP contribution is -1.90. The molecule has 10 heavy (non-hydrogen) atoms. The summed E-state index contributed by atoms with van der Waals surface area (Å²) in [6, 6.07) is 1.83. The molecule has 2 aromatic heterocycles. The molecule has 0 saturated heterocycles. The van der Waals surface area contributed by atoms with E-state index in [1.165, 1.54) is 0 Å². The Labute approximate surface area is 61.5 Å². The highest BCUT2D eigenvalue weighted by Gasteiger charge is 1.90. The first-order chi connectivity index (χ1) is 4.88. The molecule has 0 fully saturated rings. The number of rotatable bonds is 0. The highest BCUT2D eigenvalue weighted by atomic mass is 32.1. The Bertz CT molecular complexity index is 401. The molecule has 2 rings (SSSR count). The first-order valence-electron chi connectivity index (χ1n) is 2.75. The number of aromatic amines is 1. The van der Waals surface area contributed by atoms with Gasteiger partial charge in [0.05, 0.1) is 11.7 Å². The van der Waals surface area contributed by atoms with Gasteiger partial charge in [-0.05, 0) is 18.3 Å². The van der Waals surface area contributed by atoms with E-state index in [1.54, 1.807) is 16.9 Å². The van der Waals surface area contributed by atoms with E-state index in [2.05, 4.69) is 15.3 Å². The van der Waals surface area contributed by atoms with E-state index in [-0.39, 0.29) is 0 Å². The summed E-state index contributed by atoms with van der Waals surface area (Å²) >= 11 is 4.89. The Balaban J connectivity index is 3.09. The normalized spacial score (nSPS) is 10.4. The van der Waals surface area contributed by atoms with E-state index >= 15 is 0 Å². The van der Waals surface area contributed by atoms with Crippen LogP contribution in [0.5, 0.6) is 0 Å². The smallest absolute Gasteiger partial charge is 0.220 e. The molecule has 0 bridgehead atoms. The van der Waals surface area contributed by atoms with Crippen LogP contribution in [-0.4, -0.2) is 19.8 Å². The molecule has 0 aromatic carbocycles. The largest absolute Gasteiger partial charge is 0.227 e. The van der Waals surface area contributed by atoms with Gasteiger partial charge in [-0.2, -0.15) is 5.10 Å². The topological polar surface area (TPSA) is 46.0 Å². The third-order valence-corrected chi connectivity index (χ3v) is 1.52. The van der Waals surface area contributed by atoms with E-state index in [4.69, 9.17) is 12.2 Å². The van der Waals surface area contributed by atoms with E-state index in [9.17, 15) is 0 Å². The van der Waals surface area contributed by atoms with Crippen molar-refractivity contribution in [1.29, 1.82) is 0 Å². The highest BCUT2D eigenvalue weighted by Crippen LogP contribution is 1.95. The fraction of sp³-hybridized carbons (Fsp3) is 0. The third-order valence-electron chi connectivity index (χ3n) is 1.23. The fourth-order valence-corrected chi connectivity index (χ4v) is 0.981. The van der Waals surface area contributed by atoms with Crippen molar-refractivity contribution in [3.8, 4) is 0 Å². The van der Waals surface area contributed by atoms with Gasteiger partial charge >= 0.3 is 0 Å². The van der Waals surface area contributed by atoms with Crippen LogP contribution in [0.1, 0.15) is 0 Å². The van der Waals surface area contributed by atoms with Crippen LogP contribution in [0.3, 0.4) is 0 Å². The van der Waals surface area contributed by atoms with Gasteiger partial charge in [-0.25, -0.2) is 14.7 Å². The van der Waals surface area contributed by atoms with Crippen LogP contribution in [0.25, 0.3) is 5.52 Å². The summed E-state index contributed by atoms with van der Waals surface area (Å²) in [4.78, 5) is 3.89. The summed E-state index contributed by atoms with van der Waals surface area (Å²) in [6.45, 7) is 0. The van der Waals surface area contributed by atoms with Gasteiger partial charge in [-0.3, -0.25) is 0 Å². The van der Waals surface area contributed by atoms with Crippen LogP contribution in [0.15, 0.2) is 18.5 Å². The zero-order valence-corrected chi connectivity index (χ0v) is 5.80. The van der Waals surface area contributed by atoms with Gasteiger partial charge in [-0.15, -0.1) is 0 Å². The number of fused-ring (bicyclic) bond motifs is 1.